The van der Waals surface area contributed by atoms with Crippen LogP contribution in [0.2, 0.25) is 0 Å². The largest absolute Gasteiger partial charge is 0.399 e. The van der Waals surface area contributed by atoms with Crippen LogP contribution >= 0.6 is 0 Å². The van der Waals surface area contributed by atoms with Gasteiger partial charge in [-0.3, -0.25) is 4.68 Å². The molecule has 0 unspecified atom stereocenters. The number of anilines is 1. The third kappa shape index (κ3) is 1.03. The zero-order valence-corrected chi connectivity index (χ0v) is 6.28. The molecule has 12 heavy (non-hydrogen) atoms. The molecule has 0 aliphatic carbocycles. The van der Waals surface area contributed by atoms with E-state index in [2.05, 4.69) is 5.10 Å². The molecular formula is C9H11N3. The number of hydrogen-bond acceptors (Lipinski definition) is 2. The molecule has 1 heterocycles. The van der Waals surface area contributed by atoms with Crippen molar-refractivity contribution >= 4 is 16.6 Å². The van der Waals surface area contributed by atoms with Gasteiger partial charge in [0.2, 0.25) is 0 Å². The maximum absolute atomic E-state index is 7.58. The Labute approximate surface area is 77.8 Å². The van der Waals surface area contributed by atoms with Crippen LogP contribution < -0.4 is 5.73 Å². The SMILES string of the molecule is [2H]C([2H])([2H])C([2H])([2H])n1cc2ccc(N)cc2n1. The lowest BCUT2D eigenvalue weighted by atomic mass is 10.2. The van der Waals surface area contributed by atoms with E-state index in [1.165, 1.54) is 6.20 Å². The van der Waals surface area contributed by atoms with Gasteiger partial charge in [-0.2, -0.15) is 5.10 Å². The first-order valence-electron chi connectivity index (χ1n) is 5.97. The van der Waals surface area contributed by atoms with Gasteiger partial charge in [0.05, 0.1) is 8.26 Å². The molecule has 0 bridgehead atoms. The molecule has 2 aromatic rings. The Balaban J connectivity index is 2.57. The zero-order valence-electron chi connectivity index (χ0n) is 11.3. The summed E-state index contributed by atoms with van der Waals surface area (Å²) in [6.07, 6.45) is 1.36. The lowest BCUT2D eigenvalue weighted by Crippen LogP contribution is -1.92. The first-order chi connectivity index (χ1) is 7.72. The Bertz CT molecular complexity index is 557. The van der Waals surface area contributed by atoms with Gasteiger partial charge in [-0.25, -0.2) is 0 Å². The van der Waals surface area contributed by atoms with Gasteiger partial charge in [0.25, 0.3) is 0 Å². The average Bonchev–Trinajstić information content (AvgIpc) is 2.58. The summed E-state index contributed by atoms with van der Waals surface area (Å²) in [5, 5.41) is 4.56. The third-order valence-corrected chi connectivity index (χ3v) is 1.65. The van der Waals surface area contributed by atoms with E-state index in [-0.39, 0.29) is 0 Å². The normalized spacial score (nSPS) is 19.2. The second-order valence-corrected chi connectivity index (χ2v) is 2.50. The predicted octanol–water partition coefficient (Wildman–Crippen LogP) is 1.64. The van der Waals surface area contributed by atoms with Crippen LogP contribution in [0.1, 0.15) is 13.7 Å². The fraction of sp³-hybridized carbons (Fsp3) is 0.222. The molecule has 0 atom stereocenters. The Kier molecular flexibility index (Phi) is 0.728. The van der Waals surface area contributed by atoms with Crippen LogP contribution in [0.4, 0.5) is 5.69 Å². The molecule has 62 valence electrons. The van der Waals surface area contributed by atoms with Crippen LogP contribution in [-0.2, 0) is 6.50 Å². The third-order valence-electron chi connectivity index (χ3n) is 1.65. The summed E-state index contributed by atoms with van der Waals surface area (Å²) >= 11 is 0. The topological polar surface area (TPSA) is 43.8 Å². The average molecular weight is 166 g/mol. The van der Waals surface area contributed by atoms with E-state index in [4.69, 9.17) is 12.6 Å². The van der Waals surface area contributed by atoms with Gasteiger partial charge in [-0.05, 0) is 25.1 Å². The lowest BCUT2D eigenvalue weighted by molar-refractivity contribution is 0.668. The first kappa shape index (κ1) is 3.47. The summed E-state index contributed by atoms with van der Waals surface area (Å²) in [6.45, 7) is -5.32. The lowest BCUT2D eigenvalue weighted by Gasteiger charge is -1.89. The molecule has 3 heteroatoms. The van der Waals surface area contributed by atoms with E-state index < -0.39 is 13.3 Å². The molecule has 0 saturated heterocycles. The first-order valence-corrected chi connectivity index (χ1v) is 3.47. The Morgan fingerprint density at radius 2 is 2.67 bits per heavy atom. The van der Waals surface area contributed by atoms with Crippen LogP contribution in [0.5, 0.6) is 0 Å². The van der Waals surface area contributed by atoms with E-state index in [0.717, 1.165) is 4.68 Å². The van der Waals surface area contributed by atoms with Crippen molar-refractivity contribution in [2.45, 2.75) is 13.3 Å². The smallest absolute Gasteiger partial charge is 0.0943 e. The number of aryl methyl sites for hydroxylation is 1. The van der Waals surface area contributed by atoms with Gasteiger partial charge in [-0.1, -0.05) is 0 Å². The van der Waals surface area contributed by atoms with Crippen molar-refractivity contribution in [1.82, 2.24) is 9.78 Å². The second-order valence-electron chi connectivity index (χ2n) is 2.50. The molecule has 2 N–H and O–H groups in total. The Morgan fingerprint density at radius 1 is 1.75 bits per heavy atom. The van der Waals surface area contributed by atoms with Gasteiger partial charge < -0.3 is 5.73 Å². The minimum atomic E-state index is -2.78. The summed E-state index contributed by atoms with van der Waals surface area (Å²) in [7, 11) is 0. The van der Waals surface area contributed by atoms with E-state index in [1.807, 2.05) is 0 Å². The van der Waals surface area contributed by atoms with Gasteiger partial charge in [0.15, 0.2) is 0 Å². The minimum absolute atomic E-state index is 0.470. The zero-order chi connectivity index (χ0) is 12.8. The molecule has 0 aliphatic rings. The van der Waals surface area contributed by atoms with Gasteiger partial charge in [0, 0.05) is 27.9 Å². The molecule has 0 aliphatic heterocycles. The number of benzene rings is 1. The van der Waals surface area contributed by atoms with Gasteiger partial charge in [0.1, 0.15) is 0 Å². The molecule has 0 saturated carbocycles. The number of rotatable bonds is 1. The second kappa shape index (κ2) is 2.52. The Hall–Kier alpha value is -1.51. The van der Waals surface area contributed by atoms with Crippen molar-refractivity contribution in [2.24, 2.45) is 0 Å². The van der Waals surface area contributed by atoms with Crippen LogP contribution in [0, 0.1) is 0 Å². The number of fused-ring (bicyclic) bond motifs is 1. The monoisotopic (exact) mass is 166 g/mol. The van der Waals surface area contributed by atoms with Crippen molar-refractivity contribution < 1.29 is 6.85 Å². The highest BCUT2D eigenvalue weighted by atomic mass is 15.3. The molecule has 1 aromatic heterocycles. The van der Waals surface area contributed by atoms with Crippen LogP contribution in [0.15, 0.2) is 24.4 Å². The molecule has 2 rings (SSSR count). The minimum Gasteiger partial charge on any atom is -0.399 e. The highest BCUT2D eigenvalue weighted by Crippen LogP contribution is 2.15. The number of nitrogen functional groups attached to an aromatic ring is 1. The maximum Gasteiger partial charge on any atom is 0.0943 e. The van der Waals surface area contributed by atoms with E-state index in [1.54, 1.807) is 18.2 Å². The van der Waals surface area contributed by atoms with Crippen molar-refractivity contribution in [3.8, 4) is 0 Å². The molecule has 3 nitrogen and oxygen atoms in total. The van der Waals surface area contributed by atoms with E-state index in [9.17, 15) is 0 Å². The van der Waals surface area contributed by atoms with Crippen LogP contribution in [0.3, 0.4) is 0 Å². The highest BCUT2D eigenvalue weighted by molar-refractivity contribution is 5.81. The summed E-state index contributed by atoms with van der Waals surface area (Å²) in [5.41, 5.74) is 6.54. The van der Waals surface area contributed by atoms with Crippen molar-refractivity contribution in [3.63, 3.8) is 0 Å². The predicted molar refractivity (Wildman–Crippen MR) is 49.8 cm³/mol. The Morgan fingerprint density at radius 3 is 3.50 bits per heavy atom. The maximum atomic E-state index is 7.58. The molecule has 0 fully saturated rings. The molecule has 1 aromatic carbocycles. The standard InChI is InChI=1S/C9H11N3/c1-2-12-6-7-3-4-8(10)5-9(7)11-12/h3-6H,2,10H2,1H3/i1D3,2D2. The molecule has 0 radical (unpaired) electrons. The number of hydrogen-bond donors (Lipinski definition) is 1. The summed E-state index contributed by atoms with van der Waals surface area (Å²) in [6, 6.07) is 4.89. The number of nitrogens with two attached hydrogens (primary N) is 1. The molecule has 0 spiro atoms. The fourth-order valence-corrected chi connectivity index (χ4v) is 1.09. The highest BCUT2D eigenvalue weighted by Gasteiger charge is 1.98. The van der Waals surface area contributed by atoms with Crippen molar-refractivity contribution in [2.75, 3.05) is 5.73 Å². The number of nitrogens with zero attached hydrogens (tertiary/aromatic N) is 2. The van der Waals surface area contributed by atoms with Crippen LogP contribution in [0.25, 0.3) is 10.9 Å². The van der Waals surface area contributed by atoms with Crippen molar-refractivity contribution in [1.29, 1.82) is 0 Å². The van der Waals surface area contributed by atoms with E-state index in [0.29, 0.717) is 16.6 Å². The molecule has 0 amide bonds. The van der Waals surface area contributed by atoms with Crippen LogP contribution in [-0.4, -0.2) is 9.78 Å². The fourth-order valence-electron chi connectivity index (χ4n) is 1.09. The van der Waals surface area contributed by atoms with Gasteiger partial charge in [-0.15, -0.1) is 0 Å². The summed E-state index contributed by atoms with van der Waals surface area (Å²) in [5.74, 6) is 0. The summed E-state index contributed by atoms with van der Waals surface area (Å²) < 4.78 is 37.5. The van der Waals surface area contributed by atoms with Crippen molar-refractivity contribution in [3.05, 3.63) is 24.4 Å². The quantitative estimate of drug-likeness (QED) is 0.654. The number of aromatic nitrogens is 2. The molecular weight excluding hydrogens is 150 g/mol. The summed E-state index contributed by atoms with van der Waals surface area (Å²) in [4.78, 5) is 0. The van der Waals surface area contributed by atoms with Gasteiger partial charge >= 0.3 is 0 Å². The van der Waals surface area contributed by atoms with E-state index >= 15 is 0 Å².